The van der Waals surface area contributed by atoms with Crippen molar-refractivity contribution in [2.75, 3.05) is 6.54 Å². The predicted octanol–water partition coefficient (Wildman–Crippen LogP) is 1.63. The van der Waals surface area contributed by atoms with E-state index in [2.05, 4.69) is 15.6 Å². The normalized spacial score (nSPS) is 19.0. The highest BCUT2D eigenvalue weighted by Crippen LogP contribution is 2.25. The number of nitrogens with one attached hydrogen (secondary N) is 2. The Labute approximate surface area is 167 Å². The number of nitrogens with zero attached hydrogens (tertiary/aromatic N) is 1. The number of carbonyl (C=O) groups excluding carboxylic acids is 3. The SMILES string of the molecule is NC(=O)CNC(=O)C1CCC(NC(=O)Cc2csc(-c3ccccc3)n2)CC1. The molecule has 1 aromatic carbocycles. The van der Waals surface area contributed by atoms with Gasteiger partial charge in [0.05, 0.1) is 18.7 Å². The van der Waals surface area contributed by atoms with Gasteiger partial charge in [0.1, 0.15) is 5.01 Å². The van der Waals surface area contributed by atoms with Crippen LogP contribution in [-0.2, 0) is 20.8 Å². The fraction of sp³-hybridized carbons (Fsp3) is 0.400. The monoisotopic (exact) mass is 400 g/mol. The minimum atomic E-state index is -0.549. The average Bonchev–Trinajstić information content (AvgIpc) is 3.15. The van der Waals surface area contributed by atoms with Crippen molar-refractivity contribution in [2.45, 2.75) is 38.1 Å². The second-order valence-corrected chi connectivity index (χ2v) is 7.85. The van der Waals surface area contributed by atoms with Crippen molar-refractivity contribution in [1.29, 1.82) is 0 Å². The molecule has 148 valence electrons. The molecule has 0 bridgehead atoms. The number of benzene rings is 1. The van der Waals surface area contributed by atoms with Gasteiger partial charge in [-0.1, -0.05) is 30.3 Å². The fourth-order valence-corrected chi connectivity index (χ4v) is 4.19. The molecular weight excluding hydrogens is 376 g/mol. The number of primary amides is 1. The van der Waals surface area contributed by atoms with E-state index < -0.39 is 5.91 Å². The van der Waals surface area contributed by atoms with Crippen LogP contribution in [0.5, 0.6) is 0 Å². The second kappa shape index (κ2) is 9.45. The van der Waals surface area contributed by atoms with Crippen molar-refractivity contribution >= 4 is 29.1 Å². The summed E-state index contributed by atoms with van der Waals surface area (Å²) in [7, 11) is 0. The summed E-state index contributed by atoms with van der Waals surface area (Å²) in [5.74, 6) is -0.864. The van der Waals surface area contributed by atoms with Crippen LogP contribution in [0.3, 0.4) is 0 Å². The molecule has 0 spiro atoms. The van der Waals surface area contributed by atoms with Crippen molar-refractivity contribution in [3.63, 3.8) is 0 Å². The predicted molar refractivity (Wildman–Crippen MR) is 107 cm³/mol. The van der Waals surface area contributed by atoms with E-state index in [1.807, 2.05) is 35.7 Å². The van der Waals surface area contributed by atoms with E-state index in [9.17, 15) is 14.4 Å². The second-order valence-electron chi connectivity index (χ2n) is 6.99. The van der Waals surface area contributed by atoms with E-state index in [-0.39, 0.29) is 36.7 Å². The Morgan fingerprint density at radius 2 is 1.82 bits per heavy atom. The third-order valence-corrected chi connectivity index (χ3v) is 5.75. The summed E-state index contributed by atoms with van der Waals surface area (Å²) in [6, 6.07) is 9.96. The first-order chi connectivity index (χ1) is 13.5. The van der Waals surface area contributed by atoms with Crippen LogP contribution in [-0.4, -0.2) is 35.3 Å². The molecule has 7 nitrogen and oxygen atoms in total. The molecule has 28 heavy (non-hydrogen) atoms. The van der Waals surface area contributed by atoms with Crippen molar-refractivity contribution in [1.82, 2.24) is 15.6 Å². The summed E-state index contributed by atoms with van der Waals surface area (Å²) in [5.41, 5.74) is 6.85. The first-order valence-corrected chi connectivity index (χ1v) is 10.2. The minimum absolute atomic E-state index is 0.0495. The van der Waals surface area contributed by atoms with Crippen LogP contribution < -0.4 is 16.4 Å². The zero-order chi connectivity index (χ0) is 19.9. The maximum atomic E-state index is 12.3. The van der Waals surface area contributed by atoms with Gasteiger partial charge in [-0.15, -0.1) is 11.3 Å². The Kier molecular flexibility index (Phi) is 6.76. The molecule has 1 saturated carbocycles. The van der Waals surface area contributed by atoms with Gasteiger partial charge in [-0.3, -0.25) is 14.4 Å². The lowest BCUT2D eigenvalue weighted by Gasteiger charge is -2.28. The van der Waals surface area contributed by atoms with Gasteiger partial charge in [0.25, 0.3) is 0 Å². The lowest BCUT2D eigenvalue weighted by molar-refractivity contribution is -0.128. The third-order valence-electron chi connectivity index (χ3n) is 4.81. The highest BCUT2D eigenvalue weighted by atomic mass is 32.1. The van der Waals surface area contributed by atoms with Crippen LogP contribution >= 0.6 is 11.3 Å². The van der Waals surface area contributed by atoms with Gasteiger partial charge in [0.2, 0.25) is 17.7 Å². The Morgan fingerprint density at radius 3 is 2.50 bits per heavy atom. The minimum Gasteiger partial charge on any atom is -0.368 e. The standard InChI is InChI=1S/C20H24N4O3S/c21-17(25)11-22-19(27)13-6-8-15(9-7-13)23-18(26)10-16-12-28-20(24-16)14-4-2-1-3-5-14/h1-5,12-13,15H,6-11H2,(H2,21,25)(H,22,27)(H,23,26). The topological polar surface area (TPSA) is 114 Å². The van der Waals surface area contributed by atoms with E-state index >= 15 is 0 Å². The number of nitrogens with two attached hydrogens (primary N) is 1. The lowest BCUT2D eigenvalue weighted by Crippen LogP contribution is -2.42. The summed E-state index contributed by atoms with van der Waals surface area (Å²) >= 11 is 1.53. The molecule has 1 fully saturated rings. The van der Waals surface area contributed by atoms with Crippen molar-refractivity contribution in [2.24, 2.45) is 11.7 Å². The zero-order valence-electron chi connectivity index (χ0n) is 15.5. The molecule has 4 N–H and O–H groups in total. The van der Waals surface area contributed by atoms with Gasteiger partial charge in [0, 0.05) is 22.9 Å². The molecule has 0 unspecified atom stereocenters. The van der Waals surface area contributed by atoms with Crippen molar-refractivity contribution < 1.29 is 14.4 Å². The molecule has 3 rings (SSSR count). The summed E-state index contributed by atoms with van der Waals surface area (Å²) < 4.78 is 0. The molecule has 1 heterocycles. The highest BCUT2D eigenvalue weighted by molar-refractivity contribution is 7.13. The molecule has 0 radical (unpaired) electrons. The van der Waals surface area contributed by atoms with Gasteiger partial charge in [-0.2, -0.15) is 0 Å². The maximum Gasteiger partial charge on any atom is 0.236 e. The van der Waals surface area contributed by atoms with E-state index in [0.29, 0.717) is 12.8 Å². The summed E-state index contributed by atoms with van der Waals surface area (Å²) in [4.78, 5) is 39.6. The molecule has 8 heteroatoms. The van der Waals surface area contributed by atoms with Crippen LogP contribution in [0, 0.1) is 5.92 Å². The number of aromatic nitrogens is 1. The van der Waals surface area contributed by atoms with Gasteiger partial charge in [-0.05, 0) is 25.7 Å². The molecule has 0 atom stereocenters. The fourth-order valence-electron chi connectivity index (χ4n) is 3.36. The molecule has 1 aliphatic rings. The summed E-state index contributed by atoms with van der Waals surface area (Å²) in [6.07, 6.45) is 3.11. The number of carbonyl (C=O) groups is 3. The van der Waals surface area contributed by atoms with Gasteiger partial charge in [0.15, 0.2) is 0 Å². The number of thiazole rings is 1. The molecule has 2 aromatic rings. The summed E-state index contributed by atoms with van der Waals surface area (Å²) in [6.45, 7) is -0.131. The maximum absolute atomic E-state index is 12.3. The Balaban J connectivity index is 1.43. The third kappa shape index (κ3) is 5.63. The zero-order valence-corrected chi connectivity index (χ0v) is 16.3. The Hall–Kier alpha value is -2.74. The number of amides is 3. The Bertz CT molecular complexity index is 829. The van der Waals surface area contributed by atoms with Gasteiger partial charge in [-0.25, -0.2) is 4.98 Å². The smallest absolute Gasteiger partial charge is 0.236 e. The van der Waals surface area contributed by atoms with E-state index in [0.717, 1.165) is 29.1 Å². The van der Waals surface area contributed by atoms with Crippen LogP contribution in [0.1, 0.15) is 31.4 Å². The number of hydrogen-bond acceptors (Lipinski definition) is 5. The number of rotatable bonds is 7. The van der Waals surface area contributed by atoms with Crippen LogP contribution in [0.25, 0.3) is 10.6 Å². The first-order valence-electron chi connectivity index (χ1n) is 9.36. The van der Waals surface area contributed by atoms with E-state index in [1.54, 1.807) is 0 Å². The quantitative estimate of drug-likeness (QED) is 0.655. The molecule has 1 aliphatic carbocycles. The molecule has 3 amide bonds. The molecule has 1 aromatic heterocycles. The molecular formula is C20H24N4O3S. The Morgan fingerprint density at radius 1 is 1.11 bits per heavy atom. The van der Waals surface area contributed by atoms with Crippen LogP contribution in [0.4, 0.5) is 0 Å². The largest absolute Gasteiger partial charge is 0.368 e. The van der Waals surface area contributed by atoms with Crippen LogP contribution in [0.2, 0.25) is 0 Å². The molecule has 0 saturated heterocycles. The van der Waals surface area contributed by atoms with Crippen LogP contribution in [0.15, 0.2) is 35.7 Å². The highest BCUT2D eigenvalue weighted by Gasteiger charge is 2.27. The summed E-state index contributed by atoms with van der Waals surface area (Å²) in [5, 5.41) is 8.42. The first kappa shape index (κ1) is 20.0. The van der Waals surface area contributed by atoms with Gasteiger partial charge >= 0.3 is 0 Å². The van der Waals surface area contributed by atoms with E-state index in [4.69, 9.17) is 5.73 Å². The van der Waals surface area contributed by atoms with Crippen molar-refractivity contribution in [3.8, 4) is 10.6 Å². The number of hydrogen-bond donors (Lipinski definition) is 3. The molecule has 0 aliphatic heterocycles. The average molecular weight is 401 g/mol. The van der Waals surface area contributed by atoms with Gasteiger partial charge < -0.3 is 16.4 Å². The van der Waals surface area contributed by atoms with E-state index in [1.165, 1.54) is 11.3 Å². The van der Waals surface area contributed by atoms with Crippen molar-refractivity contribution in [3.05, 3.63) is 41.4 Å². The lowest BCUT2D eigenvalue weighted by atomic mass is 9.85.